The van der Waals surface area contributed by atoms with E-state index in [0.29, 0.717) is 10.7 Å². The van der Waals surface area contributed by atoms with Crippen molar-refractivity contribution in [2.45, 2.75) is 13.8 Å². The number of carbonyl (C=O) groups excluding carboxylic acids is 2. The molecule has 0 radical (unpaired) electrons. The van der Waals surface area contributed by atoms with Crippen LogP contribution in [0.4, 0.5) is 10.5 Å². The van der Waals surface area contributed by atoms with E-state index in [1.807, 2.05) is 36.6 Å². The summed E-state index contributed by atoms with van der Waals surface area (Å²) in [6.45, 7) is 3.89. The molecule has 9 nitrogen and oxygen atoms in total. The predicted octanol–water partition coefficient (Wildman–Crippen LogP) is 4.51. The normalized spacial score (nSPS) is 14.7. The molecule has 156 valence electrons. The highest BCUT2D eigenvalue weighted by molar-refractivity contribution is 8.18. The minimum atomic E-state index is -0.521. The van der Waals surface area contributed by atoms with Crippen LogP contribution in [0.1, 0.15) is 17.0 Å². The van der Waals surface area contributed by atoms with Crippen LogP contribution in [0.5, 0.6) is 11.6 Å². The van der Waals surface area contributed by atoms with Crippen LogP contribution in [-0.4, -0.2) is 25.6 Å². The monoisotopic (exact) mass is 436 g/mol. The molecule has 0 aliphatic carbocycles. The van der Waals surface area contributed by atoms with Gasteiger partial charge < -0.3 is 9.30 Å². The van der Waals surface area contributed by atoms with Gasteiger partial charge in [0.1, 0.15) is 11.9 Å². The Morgan fingerprint density at radius 3 is 2.48 bits per heavy atom. The first-order valence-electron chi connectivity index (χ1n) is 9.14. The summed E-state index contributed by atoms with van der Waals surface area (Å²) >= 11 is 0.886. The summed E-state index contributed by atoms with van der Waals surface area (Å²) in [5, 5.41) is 12.6. The van der Waals surface area contributed by atoms with Gasteiger partial charge in [-0.05, 0) is 67.6 Å². The third-order valence-corrected chi connectivity index (χ3v) is 5.46. The Balaban J connectivity index is 1.56. The second-order valence-electron chi connectivity index (χ2n) is 6.72. The zero-order valence-corrected chi connectivity index (χ0v) is 17.3. The van der Waals surface area contributed by atoms with Crippen molar-refractivity contribution in [2.75, 3.05) is 0 Å². The lowest BCUT2D eigenvalue weighted by Gasteiger charge is -2.11. The zero-order valence-electron chi connectivity index (χ0n) is 16.5. The molecule has 4 rings (SSSR count). The molecule has 3 heterocycles. The molecule has 3 aromatic rings. The maximum absolute atomic E-state index is 11.8. The van der Waals surface area contributed by atoms with E-state index in [2.05, 4.69) is 10.3 Å². The number of hydrogen-bond acceptors (Lipinski definition) is 7. The fourth-order valence-corrected chi connectivity index (χ4v) is 3.89. The number of ether oxygens (including phenoxy) is 1. The van der Waals surface area contributed by atoms with Gasteiger partial charge in [-0.25, -0.2) is 4.98 Å². The minimum Gasteiger partial charge on any atom is -0.439 e. The Bertz CT molecular complexity index is 1230. The molecule has 0 unspecified atom stereocenters. The first kappa shape index (κ1) is 20.4. The van der Waals surface area contributed by atoms with Gasteiger partial charge in [0.25, 0.3) is 16.8 Å². The van der Waals surface area contributed by atoms with E-state index in [1.54, 1.807) is 18.2 Å². The Morgan fingerprint density at radius 2 is 1.90 bits per heavy atom. The number of aromatic nitrogens is 2. The number of carbonyl (C=O) groups is 2. The first-order chi connectivity index (χ1) is 14.8. The van der Waals surface area contributed by atoms with Crippen molar-refractivity contribution in [3.05, 3.63) is 80.6 Å². The molecule has 1 saturated heterocycles. The van der Waals surface area contributed by atoms with Gasteiger partial charge in [-0.2, -0.15) is 0 Å². The highest BCUT2D eigenvalue weighted by atomic mass is 32.2. The number of aryl methyl sites for hydroxylation is 1. The topological polar surface area (TPSA) is 116 Å². The lowest BCUT2D eigenvalue weighted by molar-refractivity contribution is -0.385. The summed E-state index contributed by atoms with van der Waals surface area (Å²) < 4.78 is 7.68. The molecule has 31 heavy (non-hydrogen) atoms. The number of imide groups is 1. The summed E-state index contributed by atoms with van der Waals surface area (Å²) in [6, 6.07) is 12.0. The van der Waals surface area contributed by atoms with Crippen LogP contribution in [0.15, 0.2) is 53.6 Å². The fraction of sp³-hybridized carbons (Fsp3) is 0.0952. The van der Waals surface area contributed by atoms with Crippen LogP contribution in [0.2, 0.25) is 0 Å². The van der Waals surface area contributed by atoms with E-state index in [0.717, 1.165) is 40.6 Å². The number of amides is 2. The fourth-order valence-electron chi connectivity index (χ4n) is 3.22. The van der Waals surface area contributed by atoms with Crippen LogP contribution >= 0.6 is 11.8 Å². The van der Waals surface area contributed by atoms with Crippen molar-refractivity contribution >= 4 is 34.7 Å². The highest BCUT2D eigenvalue weighted by Crippen LogP contribution is 2.30. The third kappa shape index (κ3) is 4.19. The van der Waals surface area contributed by atoms with Crippen molar-refractivity contribution in [1.82, 2.24) is 14.9 Å². The second-order valence-corrected chi connectivity index (χ2v) is 7.74. The Labute approximate surface area is 180 Å². The number of nitro groups is 1. The summed E-state index contributed by atoms with van der Waals surface area (Å²) in [6.07, 6.45) is 2.85. The second kappa shape index (κ2) is 8.07. The van der Waals surface area contributed by atoms with Crippen LogP contribution < -0.4 is 10.1 Å². The van der Waals surface area contributed by atoms with Gasteiger partial charge >= 0.3 is 0 Å². The van der Waals surface area contributed by atoms with Gasteiger partial charge in [0, 0.05) is 29.2 Å². The number of hydrogen-bond donors (Lipinski definition) is 1. The SMILES string of the molecule is Cc1cc(/C=C2\SC(=O)NC2=O)c(C)n1-c1ccc(Oc2ccc([N+](=O)[O-])cn2)cc1. The summed E-state index contributed by atoms with van der Waals surface area (Å²) in [5.41, 5.74) is 3.52. The van der Waals surface area contributed by atoms with Crippen molar-refractivity contribution in [3.63, 3.8) is 0 Å². The Hall–Kier alpha value is -3.92. The van der Waals surface area contributed by atoms with E-state index in [1.165, 1.54) is 12.1 Å². The molecule has 2 amide bonds. The van der Waals surface area contributed by atoms with Gasteiger partial charge in [-0.1, -0.05) is 0 Å². The van der Waals surface area contributed by atoms with E-state index >= 15 is 0 Å². The summed E-state index contributed by atoms with van der Waals surface area (Å²) in [4.78, 5) is 37.7. The molecule has 0 atom stereocenters. The van der Waals surface area contributed by atoms with Crippen LogP contribution in [0.3, 0.4) is 0 Å². The summed E-state index contributed by atoms with van der Waals surface area (Å²) in [5.74, 6) is 0.399. The molecule has 0 bridgehead atoms. The van der Waals surface area contributed by atoms with Crippen LogP contribution in [0.25, 0.3) is 11.8 Å². The molecular formula is C21H16N4O5S. The average molecular weight is 436 g/mol. The standard InChI is InChI=1S/C21H16N4O5S/c1-12-9-14(10-18-20(26)23-21(27)31-18)13(2)24(12)15-3-6-17(7-4-15)30-19-8-5-16(11-22-19)25(28)29/h3-11H,1-2H3,(H,23,26,27)/b18-10-. The van der Waals surface area contributed by atoms with Gasteiger partial charge in [-0.15, -0.1) is 0 Å². The Kier molecular flexibility index (Phi) is 5.30. The number of nitrogens with one attached hydrogen (secondary N) is 1. The van der Waals surface area contributed by atoms with Crippen molar-refractivity contribution in [1.29, 1.82) is 0 Å². The quantitative estimate of drug-likeness (QED) is 0.355. The molecule has 1 aliphatic rings. The molecule has 1 aliphatic heterocycles. The largest absolute Gasteiger partial charge is 0.439 e. The van der Waals surface area contributed by atoms with Gasteiger partial charge in [0.2, 0.25) is 5.88 Å². The molecule has 1 fully saturated rings. The lowest BCUT2D eigenvalue weighted by atomic mass is 10.2. The van der Waals surface area contributed by atoms with Crippen molar-refractivity contribution in [2.24, 2.45) is 0 Å². The summed E-state index contributed by atoms with van der Waals surface area (Å²) in [7, 11) is 0. The first-order valence-corrected chi connectivity index (χ1v) is 9.96. The van der Waals surface area contributed by atoms with E-state index in [4.69, 9.17) is 4.74 Å². The predicted molar refractivity (Wildman–Crippen MR) is 115 cm³/mol. The number of nitrogens with zero attached hydrogens (tertiary/aromatic N) is 3. The van der Waals surface area contributed by atoms with Crippen LogP contribution in [-0.2, 0) is 4.79 Å². The molecule has 1 aromatic carbocycles. The van der Waals surface area contributed by atoms with Gasteiger partial charge in [0.05, 0.1) is 9.83 Å². The lowest BCUT2D eigenvalue weighted by Crippen LogP contribution is -2.17. The zero-order chi connectivity index (χ0) is 22.1. The number of thioether (sulfide) groups is 1. The minimum absolute atomic E-state index is 0.107. The maximum atomic E-state index is 11.8. The number of pyridine rings is 1. The van der Waals surface area contributed by atoms with Crippen molar-refractivity contribution in [3.8, 4) is 17.3 Å². The van der Waals surface area contributed by atoms with E-state index < -0.39 is 4.92 Å². The maximum Gasteiger partial charge on any atom is 0.290 e. The van der Waals surface area contributed by atoms with Crippen molar-refractivity contribution < 1.29 is 19.2 Å². The van der Waals surface area contributed by atoms with Gasteiger partial charge in [-0.3, -0.25) is 25.0 Å². The molecular weight excluding hydrogens is 420 g/mol. The molecule has 0 spiro atoms. The number of rotatable bonds is 5. The Morgan fingerprint density at radius 1 is 1.16 bits per heavy atom. The van der Waals surface area contributed by atoms with Gasteiger partial charge in [0.15, 0.2) is 0 Å². The molecule has 10 heteroatoms. The molecule has 2 aromatic heterocycles. The van der Waals surface area contributed by atoms with E-state index in [-0.39, 0.29) is 22.7 Å². The molecule has 1 N–H and O–H groups in total. The van der Waals surface area contributed by atoms with Crippen LogP contribution in [0, 0.1) is 24.0 Å². The van der Waals surface area contributed by atoms with E-state index in [9.17, 15) is 19.7 Å². The smallest absolute Gasteiger partial charge is 0.290 e. The highest BCUT2D eigenvalue weighted by Gasteiger charge is 2.25. The average Bonchev–Trinajstić information content (AvgIpc) is 3.20. The molecule has 0 saturated carbocycles. The third-order valence-electron chi connectivity index (χ3n) is 4.65. The number of benzene rings is 1.